The Morgan fingerprint density at radius 2 is 2.18 bits per heavy atom. The minimum absolute atomic E-state index is 0.0865. The van der Waals surface area contributed by atoms with E-state index in [1.807, 2.05) is 37.3 Å². The zero-order chi connectivity index (χ0) is 15.8. The number of rotatable bonds is 7. The number of hydrogen-bond acceptors (Lipinski definition) is 3. The fourth-order valence-electron chi connectivity index (χ4n) is 3.08. The Hall–Kier alpha value is -1.39. The minimum Gasteiger partial charge on any atom is -0.325 e. The highest BCUT2D eigenvalue weighted by atomic mass is 16.2. The molecule has 122 valence electrons. The van der Waals surface area contributed by atoms with Crippen LogP contribution in [0.2, 0.25) is 0 Å². The molecule has 0 radical (unpaired) electrons. The first-order chi connectivity index (χ1) is 10.7. The maximum absolute atomic E-state index is 12.5. The van der Waals surface area contributed by atoms with E-state index in [1.165, 1.54) is 12.8 Å². The van der Waals surface area contributed by atoms with Crippen molar-refractivity contribution in [2.45, 2.75) is 39.2 Å². The first-order valence-corrected chi connectivity index (χ1v) is 8.51. The highest BCUT2D eigenvalue weighted by Crippen LogP contribution is 2.15. The van der Waals surface area contributed by atoms with Crippen LogP contribution in [0.15, 0.2) is 30.3 Å². The van der Waals surface area contributed by atoms with Crippen molar-refractivity contribution in [3.8, 4) is 0 Å². The van der Waals surface area contributed by atoms with Gasteiger partial charge in [0.15, 0.2) is 0 Å². The summed E-state index contributed by atoms with van der Waals surface area (Å²) in [7, 11) is 0. The standard InChI is InChI=1S/C18H29N3O/c1-3-12-21(14-16-8-7-11-19-13-16)15(2)18(22)20-17-9-5-4-6-10-17/h4-6,9-10,15-16,19H,3,7-8,11-14H2,1-2H3,(H,20,22). The van der Waals surface area contributed by atoms with Gasteiger partial charge in [-0.15, -0.1) is 0 Å². The summed E-state index contributed by atoms with van der Waals surface area (Å²) in [5, 5.41) is 6.48. The van der Waals surface area contributed by atoms with E-state index in [9.17, 15) is 4.79 Å². The lowest BCUT2D eigenvalue weighted by Gasteiger charge is -2.33. The van der Waals surface area contributed by atoms with Gasteiger partial charge in [0.1, 0.15) is 0 Å². The van der Waals surface area contributed by atoms with E-state index < -0.39 is 0 Å². The fourth-order valence-corrected chi connectivity index (χ4v) is 3.08. The topological polar surface area (TPSA) is 44.4 Å². The SMILES string of the molecule is CCCN(CC1CCCNC1)C(C)C(=O)Nc1ccccc1. The zero-order valence-electron chi connectivity index (χ0n) is 13.8. The van der Waals surface area contributed by atoms with Gasteiger partial charge in [-0.05, 0) is 63.9 Å². The molecule has 1 saturated heterocycles. The van der Waals surface area contributed by atoms with Crippen LogP contribution in [0.5, 0.6) is 0 Å². The smallest absolute Gasteiger partial charge is 0.241 e. The number of nitrogens with zero attached hydrogens (tertiary/aromatic N) is 1. The van der Waals surface area contributed by atoms with Crippen LogP contribution >= 0.6 is 0 Å². The van der Waals surface area contributed by atoms with Crippen molar-refractivity contribution < 1.29 is 4.79 Å². The van der Waals surface area contributed by atoms with Crippen molar-refractivity contribution >= 4 is 11.6 Å². The van der Waals surface area contributed by atoms with E-state index in [-0.39, 0.29) is 11.9 Å². The van der Waals surface area contributed by atoms with Crippen LogP contribution in [0, 0.1) is 5.92 Å². The van der Waals surface area contributed by atoms with Gasteiger partial charge in [0, 0.05) is 12.2 Å². The van der Waals surface area contributed by atoms with Gasteiger partial charge in [0.25, 0.3) is 0 Å². The molecule has 1 heterocycles. The van der Waals surface area contributed by atoms with Gasteiger partial charge in [-0.3, -0.25) is 9.69 Å². The Morgan fingerprint density at radius 1 is 1.41 bits per heavy atom. The Balaban J connectivity index is 1.92. The monoisotopic (exact) mass is 303 g/mol. The minimum atomic E-state index is -0.0953. The molecule has 1 aromatic carbocycles. The quantitative estimate of drug-likeness (QED) is 0.814. The number of carbonyl (C=O) groups is 1. The molecular weight excluding hydrogens is 274 g/mol. The van der Waals surface area contributed by atoms with Gasteiger partial charge in [0.05, 0.1) is 6.04 Å². The van der Waals surface area contributed by atoms with E-state index in [0.717, 1.165) is 38.3 Å². The number of carbonyl (C=O) groups excluding carboxylic acids is 1. The summed E-state index contributed by atoms with van der Waals surface area (Å²) in [5.74, 6) is 0.746. The molecule has 1 aliphatic rings. The van der Waals surface area contributed by atoms with E-state index in [2.05, 4.69) is 22.5 Å². The summed E-state index contributed by atoms with van der Waals surface area (Å²) < 4.78 is 0. The number of para-hydroxylation sites is 1. The summed E-state index contributed by atoms with van der Waals surface area (Å²) >= 11 is 0. The molecule has 4 heteroatoms. The second kappa shape index (κ2) is 8.91. The van der Waals surface area contributed by atoms with Crippen LogP contribution in [0.4, 0.5) is 5.69 Å². The van der Waals surface area contributed by atoms with Crippen LogP contribution in [-0.4, -0.2) is 43.0 Å². The van der Waals surface area contributed by atoms with E-state index in [1.54, 1.807) is 0 Å². The van der Waals surface area contributed by atoms with E-state index in [0.29, 0.717) is 5.92 Å². The largest absolute Gasteiger partial charge is 0.325 e. The first-order valence-electron chi connectivity index (χ1n) is 8.51. The highest BCUT2D eigenvalue weighted by Gasteiger charge is 2.24. The fraction of sp³-hybridized carbons (Fsp3) is 0.611. The molecule has 0 spiro atoms. The summed E-state index contributed by atoms with van der Waals surface area (Å²) in [5.41, 5.74) is 0.870. The summed E-state index contributed by atoms with van der Waals surface area (Å²) in [6, 6.07) is 9.61. The second-order valence-corrected chi connectivity index (χ2v) is 6.24. The molecule has 1 aromatic rings. The Morgan fingerprint density at radius 3 is 2.82 bits per heavy atom. The van der Waals surface area contributed by atoms with Crippen molar-refractivity contribution in [2.24, 2.45) is 5.92 Å². The van der Waals surface area contributed by atoms with Gasteiger partial charge < -0.3 is 10.6 Å². The number of piperidine rings is 1. The number of nitrogens with one attached hydrogen (secondary N) is 2. The van der Waals surface area contributed by atoms with Crippen molar-refractivity contribution in [1.82, 2.24) is 10.2 Å². The van der Waals surface area contributed by atoms with Crippen molar-refractivity contribution in [3.63, 3.8) is 0 Å². The van der Waals surface area contributed by atoms with Gasteiger partial charge in [-0.1, -0.05) is 25.1 Å². The molecular formula is C18H29N3O. The van der Waals surface area contributed by atoms with Crippen molar-refractivity contribution in [3.05, 3.63) is 30.3 Å². The molecule has 2 N–H and O–H groups in total. The molecule has 0 saturated carbocycles. The number of hydrogen-bond donors (Lipinski definition) is 2. The Bertz CT molecular complexity index is 443. The number of amides is 1. The van der Waals surface area contributed by atoms with Crippen LogP contribution < -0.4 is 10.6 Å². The maximum Gasteiger partial charge on any atom is 0.241 e. The van der Waals surface area contributed by atoms with E-state index in [4.69, 9.17) is 0 Å². The summed E-state index contributed by atoms with van der Waals surface area (Å²) in [6.45, 7) is 8.38. The lowest BCUT2D eigenvalue weighted by Crippen LogP contribution is -2.47. The lowest BCUT2D eigenvalue weighted by atomic mass is 9.98. The number of benzene rings is 1. The van der Waals surface area contributed by atoms with Gasteiger partial charge in [-0.25, -0.2) is 0 Å². The third-order valence-electron chi connectivity index (χ3n) is 4.37. The average molecular weight is 303 g/mol. The van der Waals surface area contributed by atoms with E-state index >= 15 is 0 Å². The average Bonchev–Trinajstić information content (AvgIpc) is 2.55. The molecule has 0 aliphatic carbocycles. The number of anilines is 1. The lowest BCUT2D eigenvalue weighted by molar-refractivity contribution is -0.121. The molecule has 2 rings (SSSR count). The molecule has 22 heavy (non-hydrogen) atoms. The van der Waals surface area contributed by atoms with Crippen LogP contribution in [-0.2, 0) is 4.79 Å². The molecule has 0 bridgehead atoms. The molecule has 1 aliphatic heterocycles. The Kier molecular flexibility index (Phi) is 6.87. The predicted octanol–water partition coefficient (Wildman–Crippen LogP) is 2.73. The van der Waals surface area contributed by atoms with Gasteiger partial charge >= 0.3 is 0 Å². The van der Waals surface area contributed by atoms with Crippen molar-refractivity contribution in [1.29, 1.82) is 0 Å². The molecule has 4 nitrogen and oxygen atoms in total. The van der Waals surface area contributed by atoms with Crippen LogP contribution in [0.25, 0.3) is 0 Å². The molecule has 2 atom stereocenters. The molecule has 2 unspecified atom stereocenters. The predicted molar refractivity (Wildman–Crippen MR) is 92.0 cm³/mol. The molecule has 1 fully saturated rings. The first kappa shape index (κ1) is 17.0. The zero-order valence-corrected chi connectivity index (χ0v) is 13.8. The van der Waals surface area contributed by atoms with Crippen molar-refractivity contribution in [2.75, 3.05) is 31.5 Å². The summed E-state index contributed by atoms with van der Waals surface area (Å²) in [6.07, 6.45) is 3.58. The molecule has 0 aromatic heterocycles. The van der Waals surface area contributed by atoms with Gasteiger partial charge in [0.2, 0.25) is 5.91 Å². The molecule has 1 amide bonds. The maximum atomic E-state index is 12.5. The van der Waals surface area contributed by atoms with Crippen LogP contribution in [0.3, 0.4) is 0 Å². The third kappa shape index (κ3) is 5.11. The normalized spacial score (nSPS) is 19.9. The highest BCUT2D eigenvalue weighted by molar-refractivity contribution is 5.94. The Labute approximate surface area is 134 Å². The van der Waals surface area contributed by atoms with Gasteiger partial charge in [-0.2, -0.15) is 0 Å². The third-order valence-corrected chi connectivity index (χ3v) is 4.37. The van der Waals surface area contributed by atoms with Crippen LogP contribution in [0.1, 0.15) is 33.1 Å². The summed E-state index contributed by atoms with van der Waals surface area (Å²) in [4.78, 5) is 14.8. The second-order valence-electron chi connectivity index (χ2n) is 6.24.